The Morgan fingerprint density at radius 1 is 1.18 bits per heavy atom. The van der Waals surface area contributed by atoms with Crippen molar-refractivity contribution in [2.75, 3.05) is 13.7 Å². The normalized spacial score (nSPS) is 9.47. The monoisotopic (exact) mass is 237 g/mol. The summed E-state index contributed by atoms with van der Waals surface area (Å²) in [6.07, 6.45) is -0.499. The molecule has 0 aliphatic rings. The van der Waals surface area contributed by atoms with Crippen molar-refractivity contribution >= 4 is 12.1 Å². The van der Waals surface area contributed by atoms with Crippen LogP contribution in [0.25, 0.3) is 0 Å². The number of hydrogen-bond donors (Lipinski definition) is 1. The topological polar surface area (TPSA) is 64.6 Å². The van der Waals surface area contributed by atoms with E-state index < -0.39 is 12.1 Å². The molecule has 0 saturated carbocycles. The Labute approximate surface area is 99.7 Å². The van der Waals surface area contributed by atoms with E-state index in [4.69, 9.17) is 4.74 Å². The van der Waals surface area contributed by atoms with Gasteiger partial charge in [-0.25, -0.2) is 4.79 Å². The summed E-state index contributed by atoms with van der Waals surface area (Å²) in [5, 5.41) is 2.28. The van der Waals surface area contributed by atoms with Crippen LogP contribution in [0.1, 0.15) is 12.0 Å². The van der Waals surface area contributed by atoms with Crippen molar-refractivity contribution in [1.82, 2.24) is 5.32 Å². The molecule has 1 aromatic rings. The van der Waals surface area contributed by atoms with Gasteiger partial charge in [0.05, 0.1) is 6.42 Å². The summed E-state index contributed by atoms with van der Waals surface area (Å²) in [6, 6.07) is 9.38. The van der Waals surface area contributed by atoms with Crippen LogP contribution in [0.3, 0.4) is 0 Å². The Morgan fingerprint density at radius 3 is 2.53 bits per heavy atom. The van der Waals surface area contributed by atoms with Gasteiger partial charge in [0.2, 0.25) is 0 Å². The first-order valence-corrected chi connectivity index (χ1v) is 5.26. The van der Waals surface area contributed by atoms with Gasteiger partial charge in [-0.3, -0.25) is 4.79 Å². The first-order chi connectivity index (χ1) is 8.22. The lowest BCUT2D eigenvalue weighted by Crippen LogP contribution is -2.21. The predicted octanol–water partition coefficient (Wildman–Crippen LogP) is 1.48. The minimum Gasteiger partial charge on any atom is -0.461 e. The lowest BCUT2D eigenvalue weighted by molar-refractivity contribution is -0.145. The average Bonchev–Trinajstić information content (AvgIpc) is 2.37. The fourth-order valence-electron chi connectivity index (χ4n) is 1.11. The van der Waals surface area contributed by atoms with Crippen LogP contribution >= 0.6 is 0 Å². The third-order valence-electron chi connectivity index (χ3n) is 1.99. The highest BCUT2D eigenvalue weighted by atomic mass is 16.6. The minimum atomic E-state index is -0.555. The van der Waals surface area contributed by atoms with Gasteiger partial charge in [0, 0.05) is 7.05 Å². The molecule has 0 aromatic heterocycles. The van der Waals surface area contributed by atoms with E-state index in [9.17, 15) is 9.59 Å². The van der Waals surface area contributed by atoms with Gasteiger partial charge in [0.1, 0.15) is 13.2 Å². The first-order valence-electron chi connectivity index (χ1n) is 5.26. The van der Waals surface area contributed by atoms with Crippen LogP contribution in [-0.4, -0.2) is 25.7 Å². The molecule has 92 valence electrons. The summed E-state index contributed by atoms with van der Waals surface area (Å²) in [5.41, 5.74) is 0.924. The molecule has 0 unspecified atom stereocenters. The number of nitrogens with one attached hydrogen (secondary N) is 1. The van der Waals surface area contributed by atoms with Crippen LogP contribution in [0.5, 0.6) is 0 Å². The van der Waals surface area contributed by atoms with E-state index >= 15 is 0 Å². The molecule has 17 heavy (non-hydrogen) atoms. The van der Waals surface area contributed by atoms with E-state index in [-0.39, 0.29) is 19.6 Å². The fraction of sp³-hybridized carbons (Fsp3) is 0.333. The van der Waals surface area contributed by atoms with Gasteiger partial charge in [-0.15, -0.1) is 0 Å². The van der Waals surface area contributed by atoms with Crippen molar-refractivity contribution in [1.29, 1.82) is 0 Å². The Bertz CT molecular complexity index is 364. The Hall–Kier alpha value is -2.04. The van der Waals surface area contributed by atoms with Crippen molar-refractivity contribution in [2.45, 2.75) is 13.0 Å². The number of carbonyl (C=O) groups excluding carboxylic acids is 2. The number of alkyl carbamates (subject to hydrolysis) is 1. The van der Waals surface area contributed by atoms with E-state index in [1.54, 1.807) is 0 Å². The molecule has 1 aromatic carbocycles. The maximum absolute atomic E-state index is 11.3. The molecule has 0 saturated heterocycles. The zero-order valence-electron chi connectivity index (χ0n) is 9.64. The van der Waals surface area contributed by atoms with E-state index in [1.165, 1.54) is 7.05 Å². The summed E-state index contributed by atoms with van der Waals surface area (Å²) in [5.74, 6) is -0.391. The van der Waals surface area contributed by atoms with E-state index in [0.717, 1.165) is 5.56 Å². The summed E-state index contributed by atoms with van der Waals surface area (Å²) >= 11 is 0. The molecule has 1 N–H and O–H groups in total. The number of amides is 1. The molecule has 0 aliphatic heterocycles. The summed E-state index contributed by atoms with van der Waals surface area (Å²) < 4.78 is 9.66. The standard InChI is InChI=1S/C12H15NO4/c1-13-12(15)16-8-7-11(14)17-9-10-5-3-2-4-6-10/h2-6H,7-9H2,1H3,(H,13,15). The smallest absolute Gasteiger partial charge is 0.406 e. The van der Waals surface area contributed by atoms with Gasteiger partial charge in [0.25, 0.3) is 0 Å². The molecule has 1 rings (SSSR count). The Balaban J connectivity index is 2.16. The molecular formula is C12H15NO4. The zero-order valence-corrected chi connectivity index (χ0v) is 9.64. The van der Waals surface area contributed by atoms with Crippen molar-refractivity contribution in [3.63, 3.8) is 0 Å². The first kappa shape index (κ1) is 13.0. The SMILES string of the molecule is CNC(=O)OCCC(=O)OCc1ccccc1. The Kier molecular flexibility index (Phi) is 5.57. The van der Waals surface area contributed by atoms with Crippen LogP contribution < -0.4 is 5.32 Å². The summed E-state index contributed by atoms with van der Waals surface area (Å²) in [6.45, 7) is 0.257. The molecule has 0 spiro atoms. The molecule has 0 radical (unpaired) electrons. The molecule has 0 atom stereocenters. The number of ether oxygens (including phenoxy) is 2. The van der Waals surface area contributed by atoms with Crippen LogP contribution in [0, 0.1) is 0 Å². The second kappa shape index (κ2) is 7.27. The van der Waals surface area contributed by atoms with Gasteiger partial charge in [-0.05, 0) is 5.56 Å². The third-order valence-corrected chi connectivity index (χ3v) is 1.99. The van der Waals surface area contributed by atoms with Crippen molar-refractivity contribution in [3.05, 3.63) is 35.9 Å². The maximum Gasteiger partial charge on any atom is 0.406 e. The fourth-order valence-corrected chi connectivity index (χ4v) is 1.11. The molecule has 0 heterocycles. The minimum absolute atomic E-state index is 0.0211. The predicted molar refractivity (Wildman–Crippen MR) is 61.3 cm³/mol. The molecule has 5 heteroatoms. The second-order valence-corrected chi connectivity index (χ2v) is 3.28. The lowest BCUT2D eigenvalue weighted by Gasteiger charge is -2.05. The molecule has 5 nitrogen and oxygen atoms in total. The molecular weight excluding hydrogens is 222 g/mol. The molecule has 0 bridgehead atoms. The van der Waals surface area contributed by atoms with Crippen molar-refractivity contribution in [3.8, 4) is 0 Å². The van der Waals surface area contributed by atoms with Crippen LogP contribution in [0.2, 0.25) is 0 Å². The molecule has 1 amide bonds. The van der Waals surface area contributed by atoms with E-state index in [0.29, 0.717) is 0 Å². The zero-order chi connectivity index (χ0) is 12.5. The van der Waals surface area contributed by atoms with Gasteiger partial charge >= 0.3 is 12.1 Å². The van der Waals surface area contributed by atoms with Crippen LogP contribution in [0.4, 0.5) is 4.79 Å². The molecule has 0 fully saturated rings. The van der Waals surface area contributed by atoms with E-state index in [1.807, 2.05) is 30.3 Å². The third kappa shape index (κ3) is 5.55. The van der Waals surface area contributed by atoms with E-state index in [2.05, 4.69) is 10.1 Å². The highest BCUT2D eigenvalue weighted by Crippen LogP contribution is 2.01. The number of esters is 1. The number of benzene rings is 1. The lowest BCUT2D eigenvalue weighted by atomic mass is 10.2. The molecule has 0 aliphatic carbocycles. The van der Waals surface area contributed by atoms with Gasteiger partial charge in [-0.1, -0.05) is 30.3 Å². The highest BCUT2D eigenvalue weighted by Gasteiger charge is 2.05. The summed E-state index contributed by atoms with van der Waals surface area (Å²) in [4.78, 5) is 21.9. The second-order valence-electron chi connectivity index (χ2n) is 3.28. The number of hydrogen-bond acceptors (Lipinski definition) is 4. The maximum atomic E-state index is 11.3. The van der Waals surface area contributed by atoms with Crippen LogP contribution in [-0.2, 0) is 20.9 Å². The largest absolute Gasteiger partial charge is 0.461 e. The van der Waals surface area contributed by atoms with Crippen molar-refractivity contribution in [2.24, 2.45) is 0 Å². The van der Waals surface area contributed by atoms with Crippen LogP contribution in [0.15, 0.2) is 30.3 Å². The van der Waals surface area contributed by atoms with Crippen molar-refractivity contribution < 1.29 is 19.1 Å². The van der Waals surface area contributed by atoms with Gasteiger partial charge < -0.3 is 14.8 Å². The van der Waals surface area contributed by atoms with Gasteiger partial charge in [-0.2, -0.15) is 0 Å². The van der Waals surface area contributed by atoms with Gasteiger partial charge in [0.15, 0.2) is 0 Å². The Morgan fingerprint density at radius 2 is 1.88 bits per heavy atom. The number of rotatable bonds is 5. The summed E-state index contributed by atoms with van der Waals surface area (Å²) in [7, 11) is 1.45. The number of carbonyl (C=O) groups is 2. The quantitative estimate of drug-likeness (QED) is 0.788. The highest BCUT2D eigenvalue weighted by molar-refractivity contribution is 5.70. The average molecular weight is 237 g/mol.